The number of anilines is 1. The van der Waals surface area contributed by atoms with Crippen molar-refractivity contribution < 1.29 is 23.5 Å². The van der Waals surface area contributed by atoms with E-state index in [4.69, 9.17) is 9.47 Å². The van der Waals surface area contributed by atoms with E-state index in [-0.39, 0.29) is 30.8 Å². The standard InChI is InChI=1S/C24H23FN2O4/c1-27(15-18-6-3-4-9-22(18)25)24(29)17-10-12-20(13-11-17)31-16-23(28)26-19-7-5-8-21(14-19)30-2/h3-14H,15-16H2,1-2H3,(H,26,28). The summed E-state index contributed by atoms with van der Waals surface area (Å²) in [6.45, 7) is -0.0219. The summed E-state index contributed by atoms with van der Waals surface area (Å²) < 4.78 is 24.4. The number of hydrogen-bond acceptors (Lipinski definition) is 4. The molecular formula is C24H23FN2O4. The molecule has 0 saturated heterocycles. The molecule has 7 heteroatoms. The van der Waals surface area contributed by atoms with E-state index in [0.29, 0.717) is 28.3 Å². The summed E-state index contributed by atoms with van der Waals surface area (Å²) in [5.41, 5.74) is 1.49. The highest BCUT2D eigenvalue weighted by Gasteiger charge is 2.14. The quantitative estimate of drug-likeness (QED) is 0.593. The van der Waals surface area contributed by atoms with Crippen LogP contribution in [0.15, 0.2) is 72.8 Å². The summed E-state index contributed by atoms with van der Waals surface area (Å²) in [6, 6.07) is 19.8. The fraction of sp³-hybridized carbons (Fsp3) is 0.167. The van der Waals surface area contributed by atoms with Crippen molar-refractivity contribution in [2.75, 3.05) is 26.1 Å². The van der Waals surface area contributed by atoms with Gasteiger partial charge in [-0.25, -0.2) is 4.39 Å². The smallest absolute Gasteiger partial charge is 0.262 e. The van der Waals surface area contributed by atoms with Crippen LogP contribution in [0.5, 0.6) is 11.5 Å². The molecule has 6 nitrogen and oxygen atoms in total. The predicted octanol–water partition coefficient (Wildman–Crippen LogP) is 4.12. The van der Waals surface area contributed by atoms with Gasteiger partial charge in [0.2, 0.25) is 0 Å². The van der Waals surface area contributed by atoms with Crippen molar-refractivity contribution in [3.8, 4) is 11.5 Å². The number of carbonyl (C=O) groups excluding carboxylic acids is 2. The van der Waals surface area contributed by atoms with E-state index in [1.165, 1.54) is 11.0 Å². The van der Waals surface area contributed by atoms with Gasteiger partial charge in [-0.05, 0) is 42.5 Å². The van der Waals surface area contributed by atoms with Gasteiger partial charge in [0, 0.05) is 36.5 Å². The third-order valence-electron chi connectivity index (χ3n) is 4.54. The molecule has 3 aromatic carbocycles. The summed E-state index contributed by atoms with van der Waals surface area (Å²) in [5, 5.41) is 2.72. The maximum Gasteiger partial charge on any atom is 0.262 e. The number of nitrogens with zero attached hydrogens (tertiary/aromatic N) is 1. The fourth-order valence-electron chi connectivity index (χ4n) is 2.91. The minimum absolute atomic E-state index is 0.161. The van der Waals surface area contributed by atoms with Crippen molar-refractivity contribution in [1.82, 2.24) is 4.90 Å². The second kappa shape index (κ2) is 10.2. The van der Waals surface area contributed by atoms with E-state index in [2.05, 4.69) is 5.32 Å². The first-order valence-corrected chi connectivity index (χ1v) is 9.62. The average molecular weight is 422 g/mol. The Morgan fingerprint density at radius 2 is 1.71 bits per heavy atom. The minimum Gasteiger partial charge on any atom is -0.497 e. The van der Waals surface area contributed by atoms with Crippen LogP contribution in [-0.2, 0) is 11.3 Å². The lowest BCUT2D eigenvalue weighted by Crippen LogP contribution is -2.26. The monoisotopic (exact) mass is 422 g/mol. The SMILES string of the molecule is COc1cccc(NC(=O)COc2ccc(C(=O)N(C)Cc3ccccc3F)cc2)c1. The molecule has 0 heterocycles. The van der Waals surface area contributed by atoms with Crippen LogP contribution >= 0.6 is 0 Å². The molecule has 2 amide bonds. The molecule has 0 aromatic heterocycles. The average Bonchev–Trinajstić information content (AvgIpc) is 2.79. The maximum absolute atomic E-state index is 13.8. The highest BCUT2D eigenvalue weighted by atomic mass is 19.1. The molecule has 0 spiro atoms. The van der Waals surface area contributed by atoms with Crippen LogP contribution in [0.2, 0.25) is 0 Å². The van der Waals surface area contributed by atoms with Gasteiger partial charge in [0.1, 0.15) is 17.3 Å². The second-order valence-corrected chi connectivity index (χ2v) is 6.85. The van der Waals surface area contributed by atoms with Crippen LogP contribution < -0.4 is 14.8 Å². The number of carbonyl (C=O) groups is 2. The van der Waals surface area contributed by atoms with Gasteiger partial charge >= 0.3 is 0 Å². The Bertz CT molecular complexity index is 1050. The normalized spacial score (nSPS) is 10.3. The van der Waals surface area contributed by atoms with E-state index in [0.717, 1.165) is 0 Å². The third-order valence-corrected chi connectivity index (χ3v) is 4.54. The molecule has 0 aliphatic carbocycles. The molecule has 3 rings (SSSR count). The lowest BCUT2D eigenvalue weighted by molar-refractivity contribution is -0.118. The number of hydrogen-bond donors (Lipinski definition) is 1. The Morgan fingerprint density at radius 3 is 2.42 bits per heavy atom. The van der Waals surface area contributed by atoms with Gasteiger partial charge in [0.15, 0.2) is 6.61 Å². The number of amides is 2. The van der Waals surface area contributed by atoms with E-state index in [1.807, 2.05) is 0 Å². The topological polar surface area (TPSA) is 67.9 Å². The van der Waals surface area contributed by atoms with Crippen molar-refractivity contribution >= 4 is 17.5 Å². The van der Waals surface area contributed by atoms with Crippen molar-refractivity contribution in [2.45, 2.75) is 6.54 Å². The Kier molecular flexibility index (Phi) is 7.22. The molecule has 0 atom stereocenters. The number of benzene rings is 3. The third kappa shape index (κ3) is 6.05. The highest BCUT2D eigenvalue weighted by molar-refractivity contribution is 5.94. The van der Waals surface area contributed by atoms with Gasteiger partial charge in [-0.1, -0.05) is 24.3 Å². The predicted molar refractivity (Wildman–Crippen MR) is 116 cm³/mol. The Labute approximate surface area is 180 Å². The lowest BCUT2D eigenvalue weighted by atomic mass is 10.1. The Balaban J connectivity index is 1.52. The van der Waals surface area contributed by atoms with Crippen molar-refractivity contribution in [2.24, 2.45) is 0 Å². The number of rotatable bonds is 8. The molecule has 0 unspecified atom stereocenters. The molecule has 0 radical (unpaired) electrons. The molecule has 0 aliphatic heterocycles. The maximum atomic E-state index is 13.8. The van der Waals surface area contributed by atoms with Crippen LogP contribution in [0.4, 0.5) is 10.1 Å². The van der Waals surface area contributed by atoms with Gasteiger partial charge in [-0.3, -0.25) is 9.59 Å². The fourth-order valence-corrected chi connectivity index (χ4v) is 2.91. The number of nitrogens with one attached hydrogen (secondary N) is 1. The number of halogens is 1. The van der Waals surface area contributed by atoms with Gasteiger partial charge < -0.3 is 19.7 Å². The van der Waals surface area contributed by atoms with Crippen LogP contribution in [-0.4, -0.2) is 37.5 Å². The number of ether oxygens (including phenoxy) is 2. The summed E-state index contributed by atoms with van der Waals surface area (Å²) in [4.78, 5) is 26.1. The Hall–Kier alpha value is -3.87. The first-order chi connectivity index (χ1) is 15.0. The first kappa shape index (κ1) is 21.8. The molecule has 31 heavy (non-hydrogen) atoms. The summed E-state index contributed by atoms with van der Waals surface area (Å²) >= 11 is 0. The summed E-state index contributed by atoms with van der Waals surface area (Å²) in [5.74, 6) is 0.176. The molecule has 160 valence electrons. The summed E-state index contributed by atoms with van der Waals surface area (Å²) in [7, 11) is 3.16. The van der Waals surface area contributed by atoms with Crippen LogP contribution in [0, 0.1) is 5.82 Å². The van der Waals surface area contributed by atoms with E-state index in [9.17, 15) is 14.0 Å². The Morgan fingerprint density at radius 1 is 0.968 bits per heavy atom. The zero-order valence-electron chi connectivity index (χ0n) is 17.3. The molecule has 3 aromatic rings. The van der Waals surface area contributed by atoms with Crippen molar-refractivity contribution in [3.63, 3.8) is 0 Å². The van der Waals surface area contributed by atoms with Gasteiger partial charge in [-0.2, -0.15) is 0 Å². The van der Waals surface area contributed by atoms with E-state index in [1.54, 1.807) is 80.9 Å². The largest absolute Gasteiger partial charge is 0.497 e. The molecule has 0 aliphatic rings. The van der Waals surface area contributed by atoms with Gasteiger partial charge in [0.25, 0.3) is 11.8 Å². The zero-order chi connectivity index (χ0) is 22.2. The molecule has 1 N–H and O–H groups in total. The highest BCUT2D eigenvalue weighted by Crippen LogP contribution is 2.18. The van der Waals surface area contributed by atoms with Crippen molar-refractivity contribution in [3.05, 3.63) is 89.7 Å². The van der Waals surface area contributed by atoms with E-state index >= 15 is 0 Å². The van der Waals surface area contributed by atoms with Crippen LogP contribution in [0.25, 0.3) is 0 Å². The number of methoxy groups -OCH3 is 1. The second-order valence-electron chi connectivity index (χ2n) is 6.85. The molecular weight excluding hydrogens is 399 g/mol. The molecule has 0 fully saturated rings. The van der Waals surface area contributed by atoms with Crippen LogP contribution in [0.1, 0.15) is 15.9 Å². The molecule has 0 bridgehead atoms. The minimum atomic E-state index is -0.349. The van der Waals surface area contributed by atoms with Gasteiger partial charge in [0.05, 0.1) is 7.11 Å². The van der Waals surface area contributed by atoms with Crippen molar-refractivity contribution in [1.29, 1.82) is 0 Å². The first-order valence-electron chi connectivity index (χ1n) is 9.62. The zero-order valence-corrected chi connectivity index (χ0v) is 17.3. The summed E-state index contributed by atoms with van der Waals surface area (Å²) in [6.07, 6.45) is 0. The molecule has 0 saturated carbocycles. The van der Waals surface area contributed by atoms with Crippen LogP contribution in [0.3, 0.4) is 0 Å². The lowest BCUT2D eigenvalue weighted by Gasteiger charge is -2.18. The van der Waals surface area contributed by atoms with Gasteiger partial charge in [-0.15, -0.1) is 0 Å². The van der Waals surface area contributed by atoms with E-state index < -0.39 is 0 Å².